The maximum Gasteiger partial charge on any atom is 0.251 e. The normalized spacial score (nSPS) is 16.8. The van der Waals surface area contributed by atoms with Gasteiger partial charge in [0.05, 0.1) is 0 Å². The lowest BCUT2D eigenvalue weighted by Crippen LogP contribution is -2.34. The molecule has 1 aromatic heterocycles. The van der Waals surface area contributed by atoms with Crippen LogP contribution in [0.15, 0.2) is 16.0 Å². The Hall–Kier alpha value is -0.810. The van der Waals surface area contributed by atoms with Gasteiger partial charge in [0.15, 0.2) is 5.16 Å². The van der Waals surface area contributed by atoms with Crippen molar-refractivity contribution in [2.24, 2.45) is 5.92 Å². The van der Waals surface area contributed by atoms with Gasteiger partial charge in [-0.1, -0.05) is 18.7 Å². The summed E-state index contributed by atoms with van der Waals surface area (Å²) in [6.45, 7) is 5.11. The molecule has 0 radical (unpaired) electrons. The molecule has 100 valence electrons. The summed E-state index contributed by atoms with van der Waals surface area (Å²) in [4.78, 5) is 18.5. The minimum atomic E-state index is -0.0607. The molecule has 18 heavy (non-hydrogen) atoms. The highest BCUT2D eigenvalue weighted by Crippen LogP contribution is 2.34. The summed E-state index contributed by atoms with van der Waals surface area (Å²) in [7, 11) is 0. The maximum absolute atomic E-state index is 11.3. The number of hydrogen-bond acceptors (Lipinski definition) is 4. The van der Waals surface area contributed by atoms with Crippen LogP contribution in [0.5, 0.6) is 0 Å². The van der Waals surface area contributed by atoms with Crippen LogP contribution in [0.2, 0.25) is 0 Å². The highest BCUT2D eigenvalue weighted by Gasteiger charge is 2.30. The molecule has 0 aromatic carbocycles. The molecule has 1 unspecified atom stereocenters. The molecule has 1 aliphatic carbocycles. The van der Waals surface area contributed by atoms with Crippen molar-refractivity contribution in [1.29, 1.82) is 0 Å². The molecule has 0 amide bonds. The van der Waals surface area contributed by atoms with E-state index in [2.05, 4.69) is 22.2 Å². The van der Waals surface area contributed by atoms with E-state index < -0.39 is 0 Å². The molecule has 2 N–H and O–H groups in total. The van der Waals surface area contributed by atoms with Gasteiger partial charge < -0.3 is 10.3 Å². The average Bonchev–Trinajstić information content (AvgIpc) is 3.12. The molecule has 2 rings (SSSR count). The van der Waals surface area contributed by atoms with Gasteiger partial charge in [0, 0.05) is 23.6 Å². The van der Waals surface area contributed by atoms with Crippen LogP contribution in [0, 0.1) is 12.8 Å². The number of aryl methyl sites for hydroxylation is 1. The minimum Gasteiger partial charge on any atom is -0.313 e. The van der Waals surface area contributed by atoms with Gasteiger partial charge >= 0.3 is 0 Å². The second-order valence-electron chi connectivity index (χ2n) is 4.90. The standard InChI is InChI=1S/C13H21N3OS/c1-3-6-14-11(10-4-5-10)8-18-13-15-9(2)7-12(17)16-13/h7,10-11,14H,3-6,8H2,1-2H3,(H,15,16,17). The van der Waals surface area contributed by atoms with Crippen LogP contribution in [0.1, 0.15) is 31.9 Å². The second kappa shape index (κ2) is 6.38. The molecule has 1 aliphatic rings. The van der Waals surface area contributed by atoms with E-state index in [4.69, 9.17) is 0 Å². The second-order valence-corrected chi connectivity index (χ2v) is 5.91. The molecule has 5 heteroatoms. The summed E-state index contributed by atoms with van der Waals surface area (Å²) in [5.41, 5.74) is 0.722. The predicted octanol–water partition coefficient (Wildman–Crippen LogP) is 1.95. The summed E-state index contributed by atoms with van der Waals surface area (Å²) in [6, 6.07) is 2.08. The van der Waals surface area contributed by atoms with Crippen molar-refractivity contribution in [2.45, 2.75) is 44.3 Å². The number of aromatic nitrogens is 2. The number of aromatic amines is 1. The van der Waals surface area contributed by atoms with Crippen LogP contribution in [0.4, 0.5) is 0 Å². The molecule has 4 nitrogen and oxygen atoms in total. The Bertz CT molecular complexity index is 442. The van der Waals surface area contributed by atoms with Crippen molar-refractivity contribution in [1.82, 2.24) is 15.3 Å². The molecular weight excluding hydrogens is 246 g/mol. The first-order valence-electron chi connectivity index (χ1n) is 6.63. The molecular formula is C13H21N3OS. The first-order chi connectivity index (χ1) is 8.69. The van der Waals surface area contributed by atoms with E-state index in [1.807, 2.05) is 6.92 Å². The van der Waals surface area contributed by atoms with Crippen molar-refractivity contribution in [2.75, 3.05) is 12.3 Å². The van der Waals surface area contributed by atoms with E-state index in [1.165, 1.54) is 18.9 Å². The lowest BCUT2D eigenvalue weighted by atomic mass is 10.2. The first-order valence-corrected chi connectivity index (χ1v) is 7.61. The third-order valence-corrected chi connectivity index (χ3v) is 4.09. The van der Waals surface area contributed by atoms with E-state index >= 15 is 0 Å². The summed E-state index contributed by atoms with van der Waals surface area (Å²) < 4.78 is 0. The Kier molecular flexibility index (Phi) is 4.83. The molecule has 1 atom stereocenters. The Labute approximate surface area is 112 Å². The maximum atomic E-state index is 11.3. The summed E-state index contributed by atoms with van der Waals surface area (Å²) in [6.07, 6.45) is 3.83. The Morgan fingerprint density at radius 3 is 3.00 bits per heavy atom. The van der Waals surface area contributed by atoms with Gasteiger partial charge in [0.2, 0.25) is 0 Å². The largest absolute Gasteiger partial charge is 0.313 e. The third-order valence-electron chi connectivity index (χ3n) is 3.10. The zero-order chi connectivity index (χ0) is 13.0. The van der Waals surface area contributed by atoms with Gasteiger partial charge in [0.25, 0.3) is 5.56 Å². The van der Waals surface area contributed by atoms with E-state index in [-0.39, 0.29) is 5.56 Å². The van der Waals surface area contributed by atoms with Crippen molar-refractivity contribution in [3.63, 3.8) is 0 Å². The van der Waals surface area contributed by atoms with E-state index in [1.54, 1.807) is 11.8 Å². The molecule has 0 aliphatic heterocycles. The van der Waals surface area contributed by atoms with Crippen molar-refractivity contribution < 1.29 is 0 Å². The van der Waals surface area contributed by atoms with E-state index in [0.717, 1.165) is 35.5 Å². The third kappa shape index (κ3) is 4.14. The monoisotopic (exact) mass is 267 g/mol. The fourth-order valence-corrected chi connectivity index (χ4v) is 3.09. The SMILES string of the molecule is CCCNC(CSc1nc(C)cc(=O)[nH]1)C1CC1. The fraction of sp³-hybridized carbons (Fsp3) is 0.692. The van der Waals surface area contributed by atoms with Crippen LogP contribution in [0.3, 0.4) is 0 Å². The Morgan fingerprint density at radius 2 is 2.39 bits per heavy atom. The van der Waals surface area contributed by atoms with Crippen molar-refractivity contribution in [3.8, 4) is 0 Å². The number of nitrogens with zero attached hydrogens (tertiary/aromatic N) is 1. The van der Waals surface area contributed by atoms with Crippen LogP contribution in [0.25, 0.3) is 0 Å². The molecule has 1 heterocycles. The lowest BCUT2D eigenvalue weighted by Gasteiger charge is -2.17. The summed E-state index contributed by atoms with van der Waals surface area (Å²) in [5.74, 6) is 1.80. The summed E-state index contributed by atoms with van der Waals surface area (Å²) in [5, 5.41) is 4.33. The van der Waals surface area contributed by atoms with Crippen LogP contribution >= 0.6 is 11.8 Å². The lowest BCUT2D eigenvalue weighted by molar-refractivity contribution is 0.503. The topological polar surface area (TPSA) is 57.8 Å². The smallest absolute Gasteiger partial charge is 0.251 e. The van der Waals surface area contributed by atoms with Gasteiger partial charge in [-0.15, -0.1) is 0 Å². The van der Waals surface area contributed by atoms with E-state index in [9.17, 15) is 4.79 Å². The van der Waals surface area contributed by atoms with Crippen LogP contribution in [-0.4, -0.2) is 28.3 Å². The highest BCUT2D eigenvalue weighted by molar-refractivity contribution is 7.99. The molecule has 1 aromatic rings. The Morgan fingerprint density at radius 1 is 1.61 bits per heavy atom. The predicted molar refractivity (Wildman–Crippen MR) is 75.1 cm³/mol. The van der Waals surface area contributed by atoms with E-state index in [0.29, 0.717) is 6.04 Å². The van der Waals surface area contributed by atoms with Crippen LogP contribution < -0.4 is 10.9 Å². The van der Waals surface area contributed by atoms with Gasteiger partial charge in [-0.25, -0.2) is 4.98 Å². The van der Waals surface area contributed by atoms with Gasteiger partial charge in [-0.05, 0) is 38.6 Å². The number of H-pyrrole nitrogens is 1. The summed E-state index contributed by atoms with van der Waals surface area (Å²) >= 11 is 1.65. The quantitative estimate of drug-likeness (QED) is 0.585. The molecule has 1 saturated carbocycles. The van der Waals surface area contributed by atoms with Gasteiger partial charge in [0.1, 0.15) is 0 Å². The fourth-order valence-electron chi connectivity index (χ4n) is 1.98. The molecule has 0 spiro atoms. The zero-order valence-electron chi connectivity index (χ0n) is 11.0. The Balaban J connectivity index is 1.89. The number of hydrogen-bond donors (Lipinski definition) is 2. The first kappa shape index (κ1) is 13.6. The van der Waals surface area contributed by atoms with Crippen LogP contribution in [-0.2, 0) is 0 Å². The number of nitrogens with one attached hydrogen (secondary N) is 2. The average molecular weight is 267 g/mol. The molecule has 1 fully saturated rings. The number of rotatable bonds is 7. The van der Waals surface area contributed by atoms with Gasteiger partial charge in [-0.2, -0.15) is 0 Å². The van der Waals surface area contributed by atoms with Crippen molar-refractivity contribution in [3.05, 3.63) is 22.1 Å². The van der Waals surface area contributed by atoms with Gasteiger partial charge in [-0.3, -0.25) is 4.79 Å². The highest BCUT2D eigenvalue weighted by atomic mass is 32.2. The number of thioether (sulfide) groups is 1. The van der Waals surface area contributed by atoms with Crippen molar-refractivity contribution >= 4 is 11.8 Å². The molecule has 0 saturated heterocycles. The molecule has 0 bridgehead atoms. The zero-order valence-corrected chi connectivity index (χ0v) is 11.8. The minimum absolute atomic E-state index is 0.0607.